The molecule has 0 spiro atoms. The van der Waals surface area contributed by atoms with Crippen molar-refractivity contribution in [3.05, 3.63) is 24.0 Å². The predicted molar refractivity (Wildman–Crippen MR) is 85.8 cm³/mol. The zero-order valence-corrected chi connectivity index (χ0v) is 13.6. The second kappa shape index (κ2) is 6.62. The number of H-pyrrole nitrogens is 1. The number of nitrogens with zero attached hydrogens (tertiary/aromatic N) is 1. The number of carbonyl (C=O) groups excluding carboxylic acids is 1. The van der Waals surface area contributed by atoms with Gasteiger partial charge in [0.25, 0.3) is 5.91 Å². The van der Waals surface area contributed by atoms with Gasteiger partial charge in [0, 0.05) is 32.4 Å². The summed E-state index contributed by atoms with van der Waals surface area (Å²) >= 11 is 4.77. The Morgan fingerprint density at radius 3 is 2.82 bits per heavy atom. The second-order valence-corrected chi connectivity index (χ2v) is 6.28. The number of carbonyl (C=O) groups is 1. The first-order valence-electron chi connectivity index (χ1n) is 7.68. The zero-order valence-electron chi connectivity index (χ0n) is 12.7. The van der Waals surface area contributed by atoms with Crippen molar-refractivity contribution in [1.29, 1.82) is 0 Å². The summed E-state index contributed by atoms with van der Waals surface area (Å²) < 4.78 is 11.2. The molecule has 0 bridgehead atoms. The van der Waals surface area contributed by atoms with Gasteiger partial charge in [0.05, 0.1) is 24.3 Å². The molecule has 2 unspecified atom stereocenters. The Morgan fingerprint density at radius 1 is 1.55 bits per heavy atom. The molecule has 0 aromatic carbocycles. The third kappa shape index (κ3) is 2.90. The highest BCUT2D eigenvalue weighted by Crippen LogP contribution is 2.35. The molecule has 3 rings (SSSR count). The van der Waals surface area contributed by atoms with Crippen LogP contribution in [0.2, 0.25) is 0 Å². The summed E-state index contributed by atoms with van der Waals surface area (Å²) in [5, 5.41) is 2.67. The van der Waals surface area contributed by atoms with E-state index in [1.807, 2.05) is 12.1 Å². The molecule has 2 aliphatic rings. The van der Waals surface area contributed by atoms with E-state index in [0.29, 0.717) is 13.2 Å². The molecular formula is C15H23N3O3S. The zero-order chi connectivity index (χ0) is 15.6. The Hall–Kier alpha value is -1.02. The molecule has 0 radical (unpaired) electrons. The molecule has 7 heteroatoms. The van der Waals surface area contributed by atoms with Crippen molar-refractivity contribution in [2.45, 2.75) is 29.9 Å². The molecule has 1 saturated carbocycles. The number of methoxy groups -OCH3 is 1. The number of hydrogen-bond acceptors (Lipinski definition) is 5. The Morgan fingerprint density at radius 2 is 2.27 bits per heavy atom. The van der Waals surface area contributed by atoms with Crippen LogP contribution >= 0.6 is 12.6 Å². The lowest BCUT2D eigenvalue weighted by atomic mass is 9.96. The van der Waals surface area contributed by atoms with Crippen molar-refractivity contribution < 1.29 is 14.3 Å². The maximum absolute atomic E-state index is 13.0. The van der Waals surface area contributed by atoms with Gasteiger partial charge in [-0.05, 0) is 25.0 Å². The monoisotopic (exact) mass is 325 g/mol. The van der Waals surface area contributed by atoms with Gasteiger partial charge >= 0.3 is 0 Å². The largest absolute Gasteiger partial charge is 0.379 e. The highest BCUT2D eigenvalue weighted by Gasteiger charge is 2.51. The van der Waals surface area contributed by atoms with Crippen LogP contribution in [0, 0.1) is 0 Å². The van der Waals surface area contributed by atoms with Gasteiger partial charge in [0.15, 0.2) is 0 Å². The van der Waals surface area contributed by atoms with Crippen LogP contribution < -0.4 is 5.32 Å². The van der Waals surface area contributed by atoms with Gasteiger partial charge in [-0.2, -0.15) is 12.6 Å². The highest BCUT2D eigenvalue weighted by molar-refractivity contribution is 7.81. The normalized spacial score (nSPS) is 23.7. The first kappa shape index (κ1) is 15.9. The summed E-state index contributed by atoms with van der Waals surface area (Å²) in [6, 6.07) is 4.01. The molecule has 22 heavy (non-hydrogen) atoms. The third-order valence-corrected chi connectivity index (χ3v) is 5.02. The standard InChI is InChI=1S/C15H23N3O3S/c1-20-15(12-3-2-6-16-12,13(19)17-11-4-5-11)14(22)18-7-9-21-10-8-18/h2-3,6,11,14,16,22H,4-5,7-10H2,1H3,(H,17,19). The number of hydrogen-bond donors (Lipinski definition) is 3. The fourth-order valence-corrected chi connectivity index (χ4v) is 3.44. The summed E-state index contributed by atoms with van der Waals surface area (Å²) in [7, 11) is 1.57. The first-order valence-corrected chi connectivity index (χ1v) is 8.20. The van der Waals surface area contributed by atoms with Crippen molar-refractivity contribution in [2.75, 3.05) is 33.4 Å². The minimum absolute atomic E-state index is 0.133. The molecule has 2 heterocycles. The number of rotatable bonds is 6. The van der Waals surface area contributed by atoms with Gasteiger partial charge in [-0.3, -0.25) is 9.69 Å². The van der Waals surface area contributed by atoms with Crippen LogP contribution in [0.1, 0.15) is 18.5 Å². The molecule has 1 aliphatic heterocycles. The van der Waals surface area contributed by atoms with Crippen molar-refractivity contribution >= 4 is 18.5 Å². The van der Waals surface area contributed by atoms with Gasteiger partial charge in [-0.1, -0.05) is 0 Å². The molecular weight excluding hydrogens is 302 g/mol. The molecule has 1 aromatic rings. The van der Waals surface area contributed by atoms with E-state index in [1.54, 1.807) is 13.3 Å². The fraction of sp³-hybridized carbons (Fsp3) is 0.667. The molecule has 6 nitrogen and oxygen atoms in total. The topological polar surface area (TPSA) is 66.6 Å². The number of aromatic amines is 1. The minimum atomic E-state index is -1.16. The number of nitrogens with one attached hydrogen (secondary N) is 2. The molecule has 1 saturated heterocycles. The lowest BCUT2D eigenvalue weighted by molar-refractivity contribution is -0.152. The Bertz CT molecular complexity index is 500. The molecule has 2 atom stereocenters. The van der Waals surface area contributed by atoms with Crippen LogP contribution in [0.15, 0.2) is 18.3 Å². The van der Waals surface area contributed by atoms with Crippen LogP contribution in [0.4, 0.5) is 0 Å². The van der Waals surface area contributed by atoms with Gasteiger partial charge in [0.2, 0.25) is 5.60 Å². The second-order valence-electron chi connectivity index (χ2n) is 5.79. The molecule has 1 aromatic heterocycles. The van der Waals surface area contributed by atoms with Gasteiger partial charge in [-0.25, -0.2) is 0 Å². The maximum Gasteiger partial charge on any atom is 0.261 e. The van der Waals surface area contributed by atoms with Crippen LogP contribution in [0.5, 0.6) is 0 Å². The Balaban J connectivity index is 1.91. The lowest BCUT2D eigenvalue weighted by Gasteiger charge is -2.42. The average molecular weight is 325 g/mol. The third-order valence-electron chi connectivity index (χ3n) is 4.33. The molecule has 2 fully saturated rings. The molecule has 1 aliphatic carbocycles. The smallest absolute Gasteiger partial charge is 0.261 e. The highest BCUT2D eigenvalue weighted by atomic mass is 32.1. The molecule has 122 valence electrons. The van der Waals surface area contributed by atoms with E-state index in [1.165, 1.54) is 0 Å². The quantitative estimate of drug-likeness (QED) is 0.675. The average Bonchev–Trinajstić information content (AvgIpc) is 3.19. The van der Waals surface area contributed by atoms with E-state index >= 15 is 0 Å². The van der Waals surface area contributed by atoms with Crippen molar-refractivity contribution in [3.63, 3.8) is 0 Å². The summed E-state index contributed by atoms with van der Waals surface area (Å²) in [5.41, 5.74) is -0.438. The molecule has 1 amide bonds. The maximum atomic E-state index is 13.0. The Labute approximate surface area is 135 Å². The lowest BCUT2D eigenvalue weighted by Crippen LogP contribution is -2.59. The van der Waals surface area contributed by atoms with Crippen LogP contribution in [-0.4, -0.2) is 60.6 Å². The van der Waals surface area contributed by atoms with Crippen LogP contribution in [0.25, 0.3) is 0 Å². The van der Waals surface area contributed by atoms with E-state index in [-0.39, 0.29) is 11.9 Å². The number of ether oxygens (including phenoxy) is 2. The van der Waals surface area contributed by atoms with E-state index in [4.69, 9.17) is 22.1 Å². The van der Waals surface area contributed by atoms with Crippen molar-refractivity contribution in [1.82, 2.24) is 15.2 Å². The minimum Gasteiger partial charge on any atom is -0.379 e. The summed E-state index contributed by atoms with van der Waals surface area (Å²) in [5.74, 6) is -0.133. The van der Waals surface area contributed by atoms with Gasteiger partial charge in [0.1, 0.15) is 0 Å². The van der Waals surface area contributed by atoms with E-state index in [2.05, 4.69) is 15.2 Å². The van der Waals surface area contributed by atoms with Crippen LogP contribution in [-0.2, 0) is 19.9 Å². The summed E-state index contributed by atoms with van der Waals surface area (Å²) in [6.07, 6.45) is 3.86. The summed E-state index contributed by atoms with van der Waals surface area (Å²) in [4.78, 5) is 18.2. The van der Waals surface area contributed by atoms with Gasteiger partial charge in [-0.15, -0.1) is 0 Å². The number of amides is 1. The number of thiol groups is 1. The number of aromatic nitrogens is 1. The first-order chi connectivity index (χ1) is 10.7. The SMILES string of the molecule is COC(C(=O)NC1CC1)(c1ccc[nH]1)C(S)N1CCOCC1. The van der Waals surface area contributed by atoms with Crippen molar-refractivity contribution in [2.24, 2.45) is 0 Å². The van der Waals surface area contributed by atoms with Crippen LogP contribution in [0.3, 0.4) is 0 Å². The predicted octanol–water partition coefficient (Wildman–Crippen LogP) is 0.723. The Kier molecular flexibility index (Phi) is 4.77. The van der Waals surface area contributed by atoms with Crippen molar-refractivity contribution in [3.8, 4) is 0 Å². The fourth-order valence-electron chi connectivity index (χ4n) is 2.85. The molecule has 2 N–H and O–H groups in total. The summed E-state index contributed by atoms with van der Waals surface area (Å²) in [6.45, 7) is 2.75. The van der Waals surface area contributed by atoms with E-state index in [0.717, 1.165) is 31.6 Å². The van der Waals surface area contributed by atoms with E-state index < -0.39 is 11.0 Å². The van der Waals surface area contributed by atoms with Gasteiger partial charge < -0.3 is 19.8 Å². The number of morpholine rings is 1. The van der Waals surface area contributed by atoms with E-state index in [9.17, 15) is 4.79 Å².